The zero-order valence-electron chi connectivity index (χ0n) is 41.3. The summed E-state index contributed by atoms with van der Waals surface area (Å²) in [5, 5.41) is 38.0. The Bertz CT molecular complexity index is 3380. The van der Waals surface area contributed by atoms with Gasteiger partial charge in [-0.15, -0.1) is 0 Å². The summed E-state index contributed by atoms with van der Waals surface area (Å²) in [6.07, 6.45) is 11.3. The number of amidine groups is 2. The zero-order chi connectivity index (χ0) is 54.2. The standard InChI is InChI=1S/C49H54N18O8/c1-63-23-31(15-35(63)45(71)55-13-11-41(52)53)60-49(75)39-19-33(25-67(39)5)62-48(74)38-17-30(22-65(38)3)59-43(69)27-8-6-26(7-9-27)42(68)58-29-16-37(64(2)21-29)47(73)61-32-18-36(66(4)24-32)46(72)57-28-14-34(56-20-28)44(70)54-12-10-40(50)51/h6-9,14-25,56H,10-13H2,1-5H3,(H3,50,51)(H3,52,53)(H,54,70)(H,55,71)(H,57,72)(H,58,68)(H,59,69)(H,60,75)(H,61,73)(H,62,74)/p+1. The van der Waals surface area contributed by atoms with Gasteiger partial charge in [0.05, 0.1) is 40.1 Å². The Hall–Kier alpha value is -10.2. The summed E-state index contributed by atoms with van der Waals surface area (Å²) in [6.45, 7) is 0.390. The number of hydrogen-bond donors (Lipinski definition) is 13. The average Bonchev–Trinajstić information content (AvgIpc) is 4.22. The number of nitrogens with zero attached hydrogens (tertiary/aromatic N) is 5. The molecule has 1 aliphatic heterocycles. The van der Waals surface area contributed by atoms with Crippen LogP contribution in [0.15, 0.2) is 109 Å². The first-order valence-corrected chi connectivity index (χ1v) is 22.9. The van der Waals surface area contributed by atoms with Gasteiger partial charge in [0.1, 0.15) is 40.4 Å². The lowest BCUT2D eigenvalue weighted by Crippen LogP contribution is -2.77. The van der Waals surface area contributed by atoms with Crippen LogP contribution in [0.25, 0.3) is 0 Å². The summed E-state index contributed by atoms with van der Waals surface area (Å²) in [7, 11) is 8.16. The van der Waals surface area contributed by atoms with Gasteiger partial charge in [-0.1, -0.05) is 0 Å². The minimum atomic E-state index is -0.521. The summed E-state index contributed by atoms with van der Waals surface area (Å²) in [5.41, 5.74) is 14.6. The Labute approximate surface area is 427 Å². The van der Waals surface area contributed by atoms with Crippen LogP contribution in [0.5, 0.6) is 0 Å². The first kappa shape index (κ1) is 52.6. The maximum atomic E-state index is 13.4. The molecule has 16 N–H and O–H groups in total. The van der Waals surface area contributed by atoms with Crippen LogP contribution in [0.3, 0.4) is 0 Å². The monoisotopic (exact) mass is 1020 g/mol. The van der Waals surface area contributed by atoms with E-state index in [0.717, 1.165) is 0 Å². The van der Waals surface area contributed by atoms with E-state index in [-0.39, 0.29) is 83.1 Å². The fourth-order valence-corrected chi connectivity index (χ4v) is 7.73. The Morgan fingerprint density at radius 1 is 0.440 bits per heavy atom. The van der Waals surface area contributed by atoms with Crippen molar-refractivity contribution in [2.24, 2.45) is 46.7 Å². The van der Waals surface area contributed by atoms with Crippen LogP contribution in [0, 0.1) is 10.8 Å². The molecule has 75 heavy (non-hydrogen) atoms. The van der Waals surface area contributed by atoms with E-state index in [0.29, 0.717) is 39.8 Å². The van der Waals surface area contributed by atoms with Crippen LogP contribution in [0.2, 0.25) is 0 Å². The molecule has 6 heterocycles. The minimum Gasteiger partial charge on any atom is -0.388 e. The van der Waals surface area contributed by atoms with Crippen molar-refractivity contribution in [3.63, 3.8) is 0 Å². The number of benzene rings is 1. The van der Waals surface area contributed by atoms with Crippen molar-refractivity contribution in [1.29, 1.82) is 10.8 Å². The van der Waals surface area contributed by atoms with Crippen LogP contribution in [0.4, 0.5) is 28.4 Å². The third kappa shape index (κ3) is 13.0. The van der Waals surface area contributed by atoms with Crippen LogP contribution in [0.1, 0.15) is 86.0 Å². The maximum Gasteiger partial charge on any atom is 0.305 e. The SMILES string of the molecule is Cn1cc(NC(=O)c2cc(NC(=O)c3cc(NC(=O)c4ccc(C(=O)Nc5cc(C(=O)Nc6cc(C(=O)NC7=C[NH2+]C(C(=O)NCCC(=N)N)=C7)n(C)c6)n(C)c5)cc4)cn3C)cn2C)cc1C(=O)NCCC(=N)N. The summed E-state index contributed by atoms with van der Waals surface area (Å²) in [5.74, 6) is -3.92. The fourth-order valence-electron chi connectivity index (χ4n) is 7.73. The highest BCUT2D eigenvalue weighted by Crippen LogP contribution is 2.22. The zero-order valence-corrected chi connectivity index (χ0v) is 41.3. The van der Waals surface area contributed by atoms with E-state index < -0.39 is 41.4 Å². The molecule has 5 aromatic heterocycles. The highest BCUT2D eigenvalue weighted by Gasteiger charge is 2.24. The predicted octanol–water partition coefficient (Wildman–Crippen LogP) is 1.17. The van der Waals surface area contributed by atoms with Gasteiger partial charge in [0.15, 0.2) is 0 Å². The second-order valence-corrected chi connectivity index (χ2v) is 17.4. The average molecular weight is 1020 g/mol. The van der Waals surface area contributed by atoms with Crippen LogP contribution < -0.4 is 59.3 Å². The number of anilines is 5. The molecule has 0 saturated carbocycles. The summed E-state index contributed by atoms with van der Waals surface area (Å²) >= 11 is 0. The number of nitrogens with one attached hydrogen (secondary N) is 10. The molecule has 26 heteroatoms. The van der Waals surface area contributed by atoms with Gasteiger partial charge in [0.2, 0.25) is 5.70 Å². The molecule has 0 aliphatic carbocycles. The van der Waals surface area contributed by atoms with Crippen molar-refractivity contribution in [2.45, 2.75) is 12.8 Å². The molecule has 0 spiro atoms. The lowest BCUT2D eigenvalue weighted by atomic mass is 10.1. The fraction of sp³-hybridized carbons (Fsp3) is 0.184. The number of amides is 8. The minimum absolute atomic E-state index is 0.0485. The molecular formula is C49H55N18O8+. The number of carbonyl (C=O) groups excluding carboxylic acids is 8. The van der Waals surface area contributed by atoms with E-state index in [1.165, 1.54) is 78.9 Å². The van der Waals surface area contributed by atoms with Gasteiger partial charge in [-0.25, -0.2) is 0 Å². The number of allylic oxidation sites excluding steroid dienone is 1. The van der Waals surface area contributed by atoms with Gasteiger partial charge in [-0.2, -0.15) is 0 Å². The van der Waals surface area contributed by atoms with E-state index in [4.69, 9.17) is 22.3 Å². The Morgan fingerprint density at radius 2 is 0.733 bits per heavy atom. The highest BCUT2D eigenvalue weighted by atomic mass is 16.2. The van der Waals surface area contributed by atoms with E-state index in [2.05, 4.69) is 42.5 Å². The summed E-state index contributed by atoms with van der Waals surface area (Å²) < 4.78 is 7.64. The topological polar surface area (TPSA) is 374 Å². The van der Waals surface area contributed by atoms with E-state index in [1.807, 2.05) is 0 Å². The molecule has 7 rings (SSSR count). The van der Waals surface area contributed by atoms with E-state index in [1.54, 1.807) is 82.3 Å². The number of hydrogen-bond acceptors (Lipinski definition) is 10. The van der Waals surface area contributed by atoms with Gasteiger partial charge in [-0.05, 0) is 54.6 Å². The molecule has 0 radical (unpaired) electrons. The molecule has 0 bridgehead atoms. The second kappa shape index (κ2) is 22.5. The van der Waals surface area contributed by atoms with Crippen molar-refractivity contribution in [3.8, 4) is 0 Å². The molecule has 388 valence electrons. The largest absolute Gasteiger partial charge is 0.388 e. The first-order chi connectivity index (χ1) is 35.6. The Morgan fingerprint density at radius 3 is 1.07 bits per heavy atom. The molecule has 0 saturated heterocycles. The number of quaternary nitrogens is 1. The third-order valence-electron chi connectivity index (χ3n) is 11.5. The van der Waals surface area contributed by atoms with E-state index in [9.17, 15) is 38.4 Å². The van der Waals surface area contributed by atoms with Gasteiger partial charge < -0.3 is 76.8 Å². The quantitative estimate of drug-likeness (QED) is 0.0382. The van der Waals surface area contributed by atoms with Crippen molar-refractivity contribution < 1.29 is 43.7 Å². The van der Waals surface area contributed by atoms with Gasteiger partial charge in [0, 0.05) is 109 Å². The summed E-state index contributed by atoms with van der Waals surface area (Å²) in [6, 6.07) is 13.3. The van der Waals surface area contributed by atoms with Crippen molar-refractivity contribution >= 4 is 87.4 Å². The van der Waals surface area contributed by atoms with Crippen LogP contribution >= 0.6 is 0 Å². The second-order valence-electron chi connectivity index (χ2n) is 17.4. The van der Waals surface area contributed by atoms with Gasteiger partial charge >= 0.3 is 5.91 Å². The number of rotatable bonds is 20. The Balaban J connectivity index is 0.884. The molecule has 8 amide bonds. The van der Waals surface area contributed by atoms with Crippen molar-refractivity contribution in [3.05, 3.63) is 149 Å². The lowest BCUT2D eigenvalue weighted by Gasteiger charge is -2.05. The molecular weight excluding hydrogens is 969 g/mol. The molecule has 0 unspecified atom stereocenters. The predicted molar refractivity (Wildman–Crippen MR) is 277 cm³/mol. The first-order valence-electron chi connectivity index (χ1n) is 22.9. The number of aromatic nitrogens is 5. The molecule has 6 aromatic rings. The van der Waals surface area contributed by atoms with Crippen LogP contribution in [-0.4, -0.2) is 94.9 Å². The Kier molecular flexibility index (Phi) is 15.7. The van der Waals surface area contributed by atoms with E-state index >= 15 is 0 Å². The number of carbonyl (C=O) groups is 8. The number of nitrogens with two attached hydrogens (primary N) is 3. The van der Waals surface area contributed by atoms with Crippen molar-refractivity contribution in [2.75, 3.05) is 39.7 Å². The molecule has 1 aliphatic rings. The lowest BCUT2D eigenvalue weighted by molar-refractivity contribution is -0.525. The normalized spacial score (nSPS) is 11.7. The molecule has 26 nitrogen and oxygen atoms in total. The molecule has 1 aromatic carbocycles. The summed E-state index contributed by atoms with van der Waals surface area (Å²) in [4.78, 5) is 105. The van der Waals surface area contributed by atoms with Gasteiger partial charge in [0.25, 0.3) is 41.4 Å². The highest BCUT2D eigenvalue weighted by molar-refractivity contribution is 6.11. The van der Waals surface area contributed by atoms with Crippen molar-refractivity contribution in [1.82, 2.24) is 38.8 Å². The smallest absolute Gasteiger partial charge is 0.305 e. The number of aryl methyl sites for hydroxylation is 5. The third-order valence-corrected chi connectivity index (χ3v) is 11.5. The van der Waals surface area contributed by atoms with Gasteiger partial charge in [-0.3, -0.25) is 54.5 Å². The molecule has 0 fully saturated rings. The maximum absolute atomic E-state index is 13.4. The molecule has 0 atom stereocenters. The van der Waals surface area contributed by atoms with Crippen LogP contribution in [-0.2, 0) is 40.0 Å².